The van der Waals surface area contributed by atoms with Crippen LogP contribution in [-0.4, -0.2) is 8.07 Å². The van der Waals surface area contributed by atoms with E-state index in [0.717, 1.165) is 0 Å². The summed E-state index contributed by atoms with van der Waals surface area (Å²) in [5.41, 5.74) is 15.2. The highest BCUT2D eigenvalue weighted by atomic mass is 28.3. The fraction of sp³-hybridized carbons (Fsp3) is 0.194. The summed E-state index contributed by atoms with van der Waals surface area (Å²) in [5.74, 6) is 0. The van der Waals surface area contributed by atoms with Gasteiger partial charge in [0, 0.05) is 66.1 Å². The van der Waals surface area contributed by atoms with E-state index in [-0.39, 0.29) is 16.2 Å². The molecule has 9 aromatic carbocycles. The highest BCUT2D eigenvalue weighted by Gasteiger charge is 2.60. The molecular weight excluding hydrogens is 815 g/mol. The topological polar surface area (TPSA) is 9.72 Å². The Morgan fingerprint density at radius 3 is 1.08 bits per heavy atom. The van der Waals surface area contributed by atoms with E-state index >= 15 is 0 Å². The number of benzene rings is 9. The van der Waals surface area contributed by atoms with Crippen LogP contribution in [0.25, 0.3) is 21.5 Å². The Balaban J connectivity index is 1.31. The second kappa shape index (κ2) is 14.1. The maximum Gasteiger partial charge on any atom is 0.194 e. The average Bonchev–Trinajstić information content (AvgIpc) is 3.31. The first-order chi connectivity index (χ1) is 31.7. The lowest BCUT2D eigenvalue weighted by atomic mass is 9.87. The van der Waals surface area contributed by atoms with E-state index in [1.54, 1.807) is 0 Å². The molecule has 12 rings (SSSR count). The summed E-state index contributed by atoms with van der Waals surface area (Å²) in [6, 6.07) is 70.5. The van der Waals surface area contributed by atoms with E-state index in [0.29, 0.717) is 0 Å². The maximum atomic E-state index is 2.64. The number of nitrogens with zero attached hydrogens (tertiary/aromatic N) is 3. The zero-order valence-corrected chi connectivity index (χ0v) is 40.7. The third kappa shape index (κ3) is 5.73. The minimum absolute atomic E-state index is 0.0201. The molecule has 0 saturated heterocycles. The van der Waals surface area contributed by atoms with Crippen molar-refractivity contribution < 1.29 is 0 Å². The van der Waals surface area contributed by atoms with E-state index in [1.165, 1.54) is 110 Å². The molecule has 9 aromatic rings. The molecule has 0 aliphatic carbocycles. The minimum atomic E-state index is -3.23. The highest BCUT2D eigenvalue weighted by Crippen LogP contribution is 2.56. The third-order valence-electron chi connectivity index (χ3n) is 14.7. The van der Waals surface area contributed by atoms with Gasteiger partial charge in [-0.25, -0.2) is 0 Å². The predicted molar refractivity (Wildman–Crippen MR) is 286 cm³/mol. The van der Waals surface area contributed by atoms with Gasteiger partial charge < -0.3 is 14.7 Å². The van der Waals surface area contributed by atoms with Gasteiger partial charge in [-0.1, -0.05) is 184 Å². The lowest BCUT2D eigenvalue weighted by molar-refractivity contribution is 0.590. The molecule has 0 bridgehead atoms. The third-order valence-corrected chi connectivity index (χ3v) is 19.7. The fourth-order valence-corrected chi connectivity index (χ4v) is 17.3. The van der Waals surface area contributed by atoms with Gasteiger partial charge in [0.1, 0.15) is 0 Å². The Morgan fingerprint density at radius 2 is 0.682 bits per heavy atom. The lowest BCUT2D eigenvalue weighted by Gasteiger charge is -2.56. The predicted octanol–water partition coefficient (Wildman–Crippen LogP) is 14.6. The van der Waals surface area contributed by atoms with Crippen LogP contribution in [0.4, 0.5) is 51.2 Å². The molecule has 0 N–H and O–H groups in total. The maximum absolute atomic E-state index is 3.23. The summed E-state index contributed by atoms with van der Waals surface area (Å²) in [6.07, 6.45) is 0. The fourth-order valence-electron chi connectivity index (χ4n) is 11.5. The molecule has 3 aliphatic rings. The minimum Gasteiger partial charge on any atom is -0.310 e. The average molecular weight is 872 g/mol. The zero-order valence-electron chi connectivity index (χ0n) is 39.7. The molecule has 0 saturated carbocycles. The second-order valence-corrected chi connectivity index (χ2v) is 25.4. The van der Waals surface area contributed by atoms with Gasteiger partial charge in [-0.2, -0.15) is 0 Å². The van der Waals surface area contributed by atoms with Crippen molar-refractivity contribution in [1.82, 2.24) is 0 Å². The Bertz CT molecular complexity index is 3230. The Labute approximate surface area is 391 Å². The van der Waals surface area contributed by atoms with E-state index < -0.39 is 8.07 Å². The molecule has 0 fully saturated rings. The molecule has 3 heterocycles. The summed E-state index contributed by atoms with van der Waals surface area (Å²) >= 11 is 0. The van der Waals surface area contributed by atoms with Crippen LogP contribution >= 0.6 is 0 Å². The first kappa shape index (κ1) is 40.6. The first-order valence-electron chi connectivity index (χ1n) is 23.7. The van der Waals surface area contributed by atoms with Crippen molar-refractivity contribution in [2.45, 2.75) is 78.6 Å². The van der Waals surface area contributed by atoms with E-state index in [9.17, 15) is 0 Å². The quantitative estimate of drug-likeness (QED) is 0.163. The number of rotatable bonds is 4. The van der Waals surface area contributed by atoms with Gasteiger partial charge in [-0.3, -0.25) is 0 Å². The summed E-state index contributed by atoms with van der Waals surface area (Å²) in [5, 5.41) is 10.7. The Morgan fingerprint density at radius 1 is 0.318 bits per heavy atom. The molecule has 0 amide bonds. The number of hydrogen-bond donors (Lipinski definition) is 0. The summed E-state index contributed by atoms with van der Waals surface area (Å²) in [4.78, 5) is 7.91. The number of hydrogen-bond acceptors (Lipinski definition) is 3. The van der Waals surface area contributed by atoms with Crippen LogP contribution in [0.2, 0.25) is 0 Å². The van der Waals surface area contributed by atoms with Crippen LogP contribution in [0.3, 0.4) is 0 Å². The van der Waals surface area contributed by atoms with Gasteiger partial charge in [0.2, 0.25) is 0 Å². The molecule has 0 spiro atoms. The van der Waals surface area contributed by atoms with Crippen LogP contribution in [0, 0.1) is 0 Å². The van der Waals surface area contributed by atoms with Crippen LogP contribution in [0.15, 0.2) is 182 Å². The molecule has 0 radical (unpaired) electrons. The van der Waals surface area contributed by atoms with Crippen molar-refractivity contribution in [3.05, 3.63) is 199 Å². The first-order valence-corrected chi connectivity index (χ1v) is 25.7. The van der Waals surface area contributed by atoms with Crippen molar-refractivity contribution in [1.29, 1.82) is 0 Å². The van der Waals surface area contributed by atoms with Gasteiger partial charge in [0.15, 0.2) is 8.07 Å². The van der Waals surface area contributed by atoms with Gasteiger partial charge in [0.05, 0.1) is 11.4 Å². The monoisotopic (exact) mass is 871 g/mol. The summed E-state index contributed by atoms with van der Waals surface area (Å²) in [6.45, 7) is 20.8. The summed E-state index contributed by atoms with van der Waals surface area (Å²) in [7, 11) is -3.23. The summed E-state index contributed by atoms with van der Waals surface area (Å²) < 4.78 is 0. The molecule has 0 atom stereocenters. The van der Waals surface area contributed by atoms with Crippen molar-refractivity contribution in [3.8, 4) is 0 Å². The van der Waals surface area contributed by atoms with Crippen LogP contribution in [0.1, 0.15) is 79.0 Å². The molecule has 0 unspecified atom stereocenters. The highest BCUT2D eigenvalue weighted by molar-refractivity contribution is 7.24. The Kier molecular flexibility index (Phi) is 8.65. The molecular formula is C62H57N3Si. The van der Waals surface area contributed by atoms with Crippen LogP contribution in [-0.2, 0) is 16.2 Å². The largest absolute Gasteiger partial charge is 0.310 e. The zero-order chi connectivity index (χ0) is 45.5. The van der Waals surface area contributed by atoms with Crippen molar-refractivity contribution in [3.63, 3.8) is 0 Å². The normalized spacial score (nSPS) is 14.8. The standard InChI is InChI=1S/C62H57N3Si/c1-60(2,3)42-26-32-45(33-27-42)63-53-38-40-18-13-15-22-49(40)55-58(53)66(48-20-11-10-12-21-48)57-51(64(55)46-34-28-43(29-35-46)61(4,5)6)24-17-25-52(57)65(47-36-30-44(31-37-47)62(7,8)9)56-50-23-16-14-19-41(50)39-54(63)59(56)66/h10-39H,1-9H3. The van der Waals surface area contributed by atoms with Crippen LogP contribution in [0.5, 0.6) is 0 Å². The van der Waals surface area contributed by atoms with E-state index in [2.05, 4.69) is 259 Å². The van der Waals surface area contributed by atoms with Crippen molar-refractivity contribution >= 4 is 102 Å². The molecule has 3 aliphatic heterocycles. The molecule has 0 aromatic heterocycles. The number of anilines is 9. The number of fused-ring (bicyclic) bond motifs is 4. The molecule has 3 nitrogen and oxygen atoms in total. The molecule has 4 heteroatoms. The van der Waals surface area contributed by atoms with Gasteiger partial charge in [0.25, 0.3) is 0 Å². The van der Waals surface area contributed by atoms with Gasteiger partial charge >= 0.3 is 0 Å². The molecule has 66 heavy (non-hydrogen) atoms. The van der Waals surface area contributed by atoms with Gasteiger partial charge in [-0.05, 0) is 110 Å². The van der Waals surface area contributed by atoms with Crippen molar-refractivity contribution in [2.24, 2.45) is 0 Å². The SMILES string of the molecule is CC(C)(C)c1ccc(N2c3cc4ccccc4c4c3[Si]3(c5ccccc5)c5c(cccc5N(c5ccc(C(C)(C)C)cc5)c5c3c2cc2ccccc52)N4c2ccc(C(C)(C)C)cc2)cc1. The van der Waals surface area contributed by atoms with Crippen LogP contribution < -0.4 is 35.4 Å². The van der Waals surface area contributed by atoms with E-state index in [4.69, 9.17) is 0 Å². The van der Waals surface area contributed by atoms with Gasteiger partial charge in [-0.15, -0.1) is 0 Å². The lowest BCUT2D eigenvalue weighted by Crippen LogP contribution is -2.81. The Hall–Kier alpha value is -6.88. The smallest absolute Gasteiger partial charge is 0.194 e. The molecule has 324 valence electrons. The van der Waals surface area contributed by atoms with E-state index in [1.807, 2.05) is 0 Å². The van der Waals surface area contributed by atoms with Crippen molar-refractivity contribution in [2.75, 3.05) is 14.7 Å². The second-order valence-electron chi connectivity index (χ2n) is 21.9.